The topological polar surface area (TPSA) is 49.4 Å². The molecule has 0 bridgehead atoms. The molecule has 0 unspecified atom stereocenters. The molecule has 2 amide bonds. The van der Waals surface area contributed by atoms with Crippen molar-refractivity contribution in [2.24, 2.45) is 11.8 Å². The van der Waals surface area contributed by atoms with Crippen molar-refractivity contribution in [3.63, 3.8) is 0 Å². The molecule has 1 aromatic carbocycles. The minimum atomic E-state index is -0.0491. The van der Waals surface area contributed by atoms with E-state index in [2.05, 4.69) is 41.4 Å². The van der Waals surface area contributed by atoms with Gasteiger partial charge in [0.2, 0.25) is 11.8 Å². The third kappa shape index (κ3) is 2.28. The Hall–Kier alpha value is -1.84. The number of likely N-dealkylation sites (tertiary alicyclic amines) is 1. The Morgan fingerprint density at radius 1 is 1.07 bits per heavy atom. The number of carbonyl (C=O) groups excluding carboxylic acids is 2. The molecule has 142 valence electrons. The number of hydrogen-bond donors (Lipinski definition) is 1. The van der Waals surface area contributed by atoms with Gasteiger partial charge in [-0.1, -0.05) is 31.2 Å². The standard InChI is InChI=1S/C23H28N2O2/c1-21(8-9-21)16-2-4-17(5-3-16)23-12-18(23)13-25(14-23)20(27)15-10-22(11-15)7-6-19(26)24-22/h2-5,15,18H,6-14H2,1H3,(H,24,26)/t15?,18-,22?,23+/m1/s1. The maximum Gasteiger partial charge on any atom is 0.225 e. The lowest BCUT2D eigenvalue weighted by molar-refractivity contribution is -0.141. The Balaban J connectivity index is 1.13. The molecule has 0 radical (unpaired) electrons. The van der Waals surface area contributed by atoms with Gasteiger partial charge in [0.25, 0.3) is 0 Å². The van der Waals surface area contributed by atoms with Crippen LogP contribution in [0.25, 0.3) is 0 Å². The lowest BCUT2D eigenvalue weighted by Crippen LogP contribution is -2.56. The Morgan fingerprint density at radius 3 is 2.41 bits per heavy atom. The fraction of sp³-hybridized carbons (Fsp3) is 0.652. The van der Waals surface area contributed by atoms with Gasteiger partial charge >= 0.3 is 0 Å². The maximum atomic E-state index is 13.0. The highest BCUT2D eigenvalue weighted by atomic mass is 16.2. The molecule has 4 heteroatoms. The summed E-state index contributed by atoms with van der Waals surface area (Å²) in [5.41, 5.74) is 3.51. The Bertz CT molecular complexity index is 834. The highest BCUT2D eigenvalue weighted by Crippen LogP contribution is 2.60. The number of amides is 2. The van der Waals surface area contributed by atoms with Gasteiger partial charge in [-0.25, -0.2) is 0 Å². The van der Waals surface area contributed by atoms with Gasteiger partial charge in [-0.3, -0.25) is 9.59 Å². The zero-order valence-electron chi connectivity index (χ0n) is 16.1. The zero-order chi connectivity index (χ0) is 18.4. The van der Waals surface area contributed by atoms with Crippen molar-refractivity contribution in [2.45, 2.75) is 68.2 Å². The summed E-state index contributed by atoms with van der Waals surface area (Å²) in [6.45, 7) is 4.17. The number of piperidine rings is 1. The number of fused-ring (bicyclic) bond motifs is 1. The van der Waals surface area contributed by atoms with E-state index in [1.165, 1.54) is 30.4 Å². The van der Waals surface area contributed by atoms with E-state index in [-0.39, 0.29) is 22.8 Å². The van der Waals surface area contributed by atoms with Gasteiger partial charge in [-0.2, -0.15) is 0 Å². The summed E-state index contributed by atoms with van der Waals surface area (Å²) in [6, 6.07) is 9.32. The number of benzene rings is 1. The van der Waals surface area contributed by atoms with Gasteiger partial charge in [0.1, 0.15) is 0 Å². The summed E-state index contributed by atoms with van der Waals surface area (Å²) in [5, 5.41) is 3.11. The second-order valence-electron chi connectivity index (χ2n) is 10.3. The lowest BCUT2D eigenvalue weighted by atomic mass is 9.67. The Kier molecular flexibility index (Phi) is 2.96. The molecule has 3 aliphatic carbocycles. The van der Waals surface area contributed by atoms with Crippen LogP contribution in [0.3, 0.4) is 0 Å². The van der Waals surface area contributed by atoms with Crippen LogP contribution in [0, 0.1) is 11.8 Å². The second-order valence-corrected chi connectivity index (χ2v) is 10.3. The van der Waals surface area contributed by atoms with Gasteiger partial charge in [0.15, 0.2) is 0 Å². The van der Waals surface area contributed by atoms with Gasteiger partial charge in [0, 0.05) is 36.4 Å². The minimum absolute atomic E-state index is 0.0491. The number of nitrogens with zero attached hydrogens (tertiary/aromatic N) is 1. The first-order valence-electron chi connectivity index (χ1n) is 10.6. The molecule has 5 fully saturated rings. The van der Waals surface area contributed by atoms with E-state index in [1.54, 1.807) is 0 Å². The lowest BCUT2D eigenvalue weighted by Gasteiger charge is -2.45. The highest BCUT2D eigenvalue weighted by molar-refractivity contribution is 5.84. The van der Waals surface area contributed by atoms with E-state index in [9.17, 15) is 9.59 Å². The van der Waals surface area contributed by atoms with Crippen LogP contribution in [0.5, 0.6) is 0 Å². The summed E-state index contributed by atoms with van der Waals surface area (Å²) in [7, 11) is 0. The van der Waals surface area contributed by atoms with Gasteiger partial charge in [-0.05, 0) is 61.0 Å². The third-order valence-electron chi connectivity index (χ3n) is 8.47. The SMILES string of the molecule is CC1(c2ccc([C@@]34C[C@@H]3CN(C(=O)C3CC5(CCC(=O)N5)C3)C4)cc2)CC1. The average Bonchev–Trinajstić information content (AvgIpc) is 3.46. The summed E-state index contributed by atoms with van der Waals surface area (Å²) in [5.74, 6) is 1.25. The second kappa shape index (κ2) is 4.95. The summed E-state index contributed by atoms with van der Waals surface area (Å²) >= 11 is 0. The van der Waals surface area contributed by atoms with Crippen molar-refractivity contribution in [1.82, 2.24) is 10.2 Å². The molecule has 1 N–H and O–H groups in total. The number of nitrogens with one attached hydrogen (secondary N) is 1. The van der Waals surface area contributed by atoms with Crippen LogP contribution in [0.1, 0.15) is 63.0 Å². The van der Waals surface area contributed by atoms with Crippen LogP contribution in [0.4, 0.5) is 0 Å². The van der Waals surface area contributed by atoms with Gasteiger partial charge < -0.3 is 10.2 Å². The smallest absolute Gasteiger partial charge is 0.225 e. The van der Waals surface area contributed by atoms with E-state index in [4.69, 9.17) is 0 Å². The van der Waals surface area contributed by atoms with Crippen LogP contribution in [0.15, 0.2) is 24.3 Å². The molecule has 2 atom stereocenters. The molecule has 6 rings (SSSR count). The number of hydrogen-bond acceptors (Lipinski definition) is 2. The van der Waals surface area contributed by atoms with Crippen LogP contribution in [-0.2, 0) is 20.4 Å². The molecule has 0 aromatic heterocycles. The van der Waals surface area contributed by atoms with Crippen LogP contribution < -0.4 is 5.32 Å². The van der Waals surface area contributed by atoms with Crippen LogP contribution in [0.2, 0.25) is 0 Å². The minimum Gasteiger partial charge on any atom is -0.351 e. The number of rotatable bonds is 3. The summed E-state index contributed by atoms with van der Waals surface area (Å²) in [4.78, 5) is 26.6. The molecule has 1 spiro atoms. The first-order valence-corrected chi connectivity index (χ1v) is 10.6. The van der Waals surface area contributed by atoms with E-state index in [0.29, 0.717) is 23.7 Å². The van der Waals surface area contributed by atoms with Crippen LogP contribution >= 0.6 is 0 Å². The van der Waals surface area contributed by atoms with E-state index in [1.807, 2.05) is 0 Å². The van der Waals surface area contributed by atoms with Crippen molar-refractivity contribution in [2.75, 3.05) is 13.1 Å². The molecule has 1 aromatic rings. The van der Waals surface area contributed by atoms with Crippen LogP contribution in [-0.4, -0.2) is 35.3 Å². The summed E-state index contributed by atoms with van der Waals surface area (Å²) < 4.78 is 0. The van der Waals surface area contributed by atoms with Gasteiger partial charge in [-0.15, -0.1) is 0 Å². The largest absolute Gasteiger partial charge is 0.351 e. The van der Waals surface area contributed by atoms with E-state index >= 15 is 0 Å². The predicted molar refractivity (Wildman–Crippen MR) is 102 cm³/mol. The van der Waals surface area contributed by atoms with Crippen molar-refractivity contribution in [3.8, 4) is 0 Å². The Labute approximate surface area is 160 Å². The van der Waals surface area contributed by atoms with E-state index in [0.717, 1.165) is 32.4 Å². The predicted octanol–water partition coefficient (Wildman–Crippen LogP) is 2.90. The molecule has 27 heavy (non-hydrogen) atoms. The van der Waals surface area contributed by atoms with Crippen molar-refractivity contribution in [1.29, 1.82) is 0 Å². The molecule has 3 saturated carbocycles. The van der Waals surface area contributed by atoms with E-state index < -0.39 is 0 Å². The highest BCUT2D eigenvalue weighted by Gasteiger charge is 2.63. The molecule has 2 aliphatic heterocycles. The van der Waals surface area contributed by atoms with Gasteiger partial charge in [0.05, 0.1) is 0 Å². The normalized spacial score (nSPS) is 40.5. The van der Waals surface area contributed by atoms with Crippen molar-refractivity contribution in [3.05, 3.63) is 35.4 Å². The molecule has 2 heterocycles. The fourth-order valence-corrected chi connectivity index (χ4v) is 6.17. The number of carbonyl (C=O) groups is 2. The maximum absolute atomic E-state index is 13.0. The Morgan fingerprint density at radius 2 is 1.78 bits per heavy atom. The summed E-state index contributed by atoms with van der Waals surface area (Å²) in [6.07, 6.45) is 7.09. The zero-order valence-corrected chi connectivity index (χ0v) is 16.1. The molecular weight excluding hydrogens is 336 g/mol. The molecule has 4 nitrogen and oxygen atoms in total. The molecule has 2 saturated heterocycles. The monoisotopic (exact) mass is 364 g/mol. The average molecular weight is 364 g/mol. The first kappa shape index (κ1) is 16.1. The van der Waals surface area contributed by atoms with Crippen molar-refractivity contribution < 1.29 is 9.59 Å². The first-order chi connectivity index (χ1) is 12.9. The molecule has 5 aliphatic rings. The molecular formula is C23H28N2O2. The third-order valence-corrected chi connectivity index (χ3v) is 8.47. The van der Waals surface area contributed by atoms with Crippen molar-refractivity contribution >= 4 is 11.8 Å². The fourth-order valence-electron chi connectivity index (χ4n) is 6.17. The quantitative estimate of drug-likeness (QED) is 0.897.